The summed E-state index contributed by atoms with van der Waals surface area (Å²) in [5.41, 5.74) is 2.54. The quantitative estimate of drug-likeness (QED) is 0.802. The van der Waals surface area contributed by atoms with Crippen LogP contribution in [0.2, 0.25) is 0 Å². The molecule has 0 aromatic heterocycles. The van der Waals surface area contributed by atoms with Gasteiger partial charge in [0.25, 0.3) is 0 Å². The van der Waals surface area contributed by atoms with Crippen LogP contribution in [0, 0.1) is 0 Å². The molecule has 1 aliphatic heterocycles. The molecule has 1 heterocycles. The highest BCUT2D eigenvalue weighted by Crippen LogP contribution is 2.35. The summed E-state index contributed by atoms with van der Waals surface area (Å²) < 4.78 is 0. The molecule has 1 fully saturated rings. The highest BCUT2D eigenvalue weighted by molar-refractivity contribution is 5.53. The van der Waals surface area contributed by atoms with Crippen LogP contribution in [0.25, 0.3) is 0 Å². The lowest BCUT2D eigenvalue weighted by Crippen LogP contribution is -2.18. The number of likely N-dealkylation sites (N-methyl/N-ethyl adjacent to an activating group) is 1. The average molecular weight is 250 g/mol. The first-order chi connectivity index (χ1) is 9.27. The second-order valence-electron chi connectivity index (χ2n) is 4.90. The molecule has 2 nitrogen and oxygen atoms in total. The summed E-state index contributed by atoms with van der Waals surface area (Å²) in [6.07, 6.45) is 0. The van der Waals surface area contributed by atoms with Crippen LogP contribution in [-0.4, -0.2) is 18.5 Å². The normalized spacial score (nSPS) is 19.0. The van der Waals surface area contributed by atoms with Gasteiger partial charge in [-0.3, -0.25) is 0 Å². The van der Waals surface area contributed by atoms with E-state index in [9.17, 15) is 0 Å². The molecule has 0 aliphatic carbocycles. The number of para-hydroxylation sites is 1. The molecule has 1 atom stereocenters. The predicted molar refractivity (Wildman–Crippen MR) is 79.9 cm³/mol. The molecule has 2 aromatic rings. The third-order valence-electron chi connectivity index (χ3n) is 3.79. The van der Waals surface area contributed by atoms with Gasteiger partial charge in [-0.15, -0.1) is 0 Å². The Labute approximate surface area is 114 Å². The zero-order valence-electron chi connectivity index (χ0n) is 11.2. The number of nitrogens with zero attached hydrogens (tertiary/aromatic N) is 2. The molecular formula is C17H18N2. The minimum Gasteiger partial charge on any atom is -0.353 e. The summed E-state index contributed by atoms with van der Waals surface area (Å²) in [5, 5.41) is 0. The van der Waals surface area contributed by atoms with Crippen LogP contribution in [0.3, 0.4) is 0 Å². The standard InChI is InChI=1S/C17H18N2/c1-14-18(2)17(15-9-5-3-6-10-15)13-19(14)16-11-7-4-8-12-16/h3-12,17H,1,13H2,2H3/t17-/m0/s1. The molecule has 0 saturated carbocycles. The van der Waals surface area contributed by atoms with Crippen molar-refractivity contribution in [1.82, 2.24) is 4.90 Å². The third kappa shape index (κ3) is 2.10. The molecule has 0 radical (unpaired) electrons. The van der Waals surface area contributed by atoms with Crippen molar-refractivity contribution >= 4 is 5.69 Å². The number of hydrogen-bond donors (Lipinski definition) is 0. The number of rotatable bonds is 2. The van der Waals surface area contributed by atoms with E-state index in [4.69, 9.17) is 0 Å². The fraction of sp³-hybridized carbons (Fsp3) is 0.176. The van der Waals surface area contributed by atoms with Crippen LogP contribution >= 0.6 is 0 Å². The van der Waals surface area contributed by atoms with E-state index in [-0.39, 0.29) is 0 Å². The zero-order chi connectivity index (χ0) is 13.2. The van der Waals surface area contributed by atoms with Gasteiger partial charge in [0.2, 0.25) is 0 Å². The van der Waals surface area contributed by atoms with E-state index in [0.29, 0.717) is 6.04 Å². The van der Waals surface area contributed by atoms with E-state index in [2.05, 4.69) is 78.0 Å². The molecule has 0 unspecified atom stereocenters. The van der Waals surface area contributed by atoms with Crippen LogP contribution in [0.1, 0.15) is 11.6 Å². The molecule has 19 heavy (non-hydrogen) atoms. The predicted octanol–water partition coefficient (Wildman–Crippen LogP) is 3.65. The minimum absolute atomic E-state index is 0.369. The lowest BCUT2D eigenvalue weighted by molar-refractivity contribution is 0.374. The van der Waals surface area contributed by atoms with Crippen molar-refractivity contribution in [2.75, 3.05) is 18.5 Å². The van der Waals surface area contributed by atoms with Crippen molar-refractivity contribution in [3.63, 3.8) is 0 Å². The molecule has 0 N–H and O–H groups in total. The Morgan fingerprint density at radius 2 is 1.53 bits per heavy atom. The summed E-state index contributed by atoms with van der Waals surface area (Å²) in [6, 6.07) is 21.4. The smallest absolute Gasteiger partial charge is 0.101 e. The molecular weight excluding hydrogens is 232 g/mol. The van der Waals surface area contributed by atoms with Crippen LogP contribution < -0.4 is 4.90 Å². The Bertz CT molecular complexity index is 562. The first-order valence-corrected chi connectivity index (χ1v) is 6.56. The lowest BCUT2D eigenvalue weighted by Gasteiger charge is -2.22. The van der Waals surface area contributed by atoms with Gasteiger partial charge in [0, 0.05) is 19.3 Å². The maximum atomic E-state index is 4.22. The molecule has 0 bridgehead atoms. The molecule has 0 spiro atoms. The highest BCUT2D eigenvalue weighted by Gasteiger charge is 2.31. The van der Waals surface area contributed by atoms with Gasteiger partial charge in [-0.25, -0.2) is 0 Å². The summed E-state index contributed by atoms with van der Waals surface area (Å²) in [4.78, 5) is 4.53. The van der Waals surface area contributed by atoms with Crippen LogP contribution in [-0.2, 0) is 0 Å². The van der Waals surface area contributed by atoms with Crippen molar-refractivity contribution in [3.8, 4) is 0 Å². The van der Waals surface area contributed by atoms with E-state index in [1.165, 1.54) is 11.3 Å². The topological polar surface area (TPSA) is 6.48 Å². The Balaban J connectivity index is 1.90. The Kier molecular flexibility index (Phi) is 3.00. The fourth-order valence-electron chi connectivity index (χ4n) is 2.64. The van der Waals surface area contributed by atoms with Gasteiger partial charge in [-0.05, 0) is 17.7 Å². The first-order valence-electron chi connectivity index (χ1n) is 6.56. The molecule has 1 aliphatic rings. The number of anilines is 1. The summed E-state index contributed by atoms with van der Waals surface area (Å²) >= 11 is 0. The molecule has 3 rings (SSSR count). The van der Waals surface area contributed by atoms with Gasteiger partial charge in [0.15, 0.2) is 0 Å². The largest absolute Gasteiger partial charge is 0.353 e. The first kappa shape index (κ1) is 11.8. The Morgan fingerprint density at radius 1 is 0.947 bits per heavy atom. The van der Waals surface area contributed by atoms with Crippen molar-refractivity contribution in [1.29, 1.82) is 0 Å². The van der Waals surface area contributed by atoms with Crippen molar-refractivity contribution in [3.05, 3.63) is 78.6 Å². The van der Waals surface area contributed by atoms with Gasteiger partial charge in [-0.2, -0.15) is 0 Å². The maximum absolute atomic E-state index is 4.22. The molecule has 2 aromatic carbocycles. The van der Waals surface area contributed by atoms with Gasteiger partial charge in [-0.1, -0.05) is 55.1 Å². The van der Waals surface area contributed by atoms with Crippen molar-refractivity contribution in [2.24, 2.45) is 0 Å². The van der Waals surface area contributed by atoms with E-state index in [1.54, 1.807) is 0 Å². The van der Waals surface area contributed by atoms with E-state index >= 15 is 0 Å². The third-order valence-corrected chi connectivity index (χ3v) is 3.79. The fourth-order valence-corrected chi connectivity index (χ4v) is 2.64. The van der Waals surface area contributed by atoms with Crippen LogP contribution in [0.5, 0.6) is 0 Å². The lowest BCUT2D eigenvalue weighted by atomic mass is 10.1. The zero-order valence-corrected chi connectivity index (χ0v) is 11.2. The molecule has 2 heteroatoms. The highest BCUT2D eigenvalue weighted by atomic mass is 15.4. The summed E-state index contributed by atoms with van der Waals surface area (Å²) in [7, 11) is 2.11. The van der Waals surface area contributed by atoms with E-state index < -0.39 is 0 Å². The van der Waals surface area contributed by atoms with Crippen molar-refractivity contribution < 1.29 is 0 Å². The number of benzene rings is 2. The van der Waals surface area contributed by atoms with Crippen LogP contribution in [0.4, 0.5) is 5.69 Å². The summed E-state index contributed by atoms with van der Waals surface area (Å²) in [6.45, 7) is 5.17. The Hall–Kier alpha value is -2.22. The maximum Gasteiger partial charge on any atom is 0.101 e. The van der Waals surface area contributed by atoms with Gasteiger partial charge < -0.3 is 9.80 Å². The monoisotopic (exact) mass is 250 g/mol. The van der Waals surface area contributed by atoms with Gasteiger partial charge in [0.05, 0.1) is 6.04 Å². The number of hydrogen-bond acceptors (Lipinski definition) is 2. The summed E-state index contributed by atoms with van der Waals surface area (Å²) in [5.74, 6) is 1.06. The Morgan fingerprint density at radius 3 is 2.16 bits per heavy atom. The molecule has 96 valence electrons. The van der Waals surface area contributed by atoms with E-state index in [0.717, 1.165) is 12.4 Å². The van der Waals surface area contributed by atoms with Crippen molar-refractivity contribution in [2.45, 2.75) is 6.04 Å². The van der Waals surface area contributed by atoms with Gasteiger partial charge >= 0.3 is 0 Å². The SMILES string of the molecule is C=C1N(c2ccccc2)C[C@@H](c2ccccc2)N1C. The minimum atomic E-state index is 0.369. The average Bonchev–Trinajstić information content (AvgIpc) is 2.77. The second kappa shape index (κ2) is 4.81. The second-order valence-corrected chi connectivity index (χ2v) is 4.90. The molecule has 1 saturated heterocycles. The van der Waals surface area contributed by atoms with Crippen LogP contribution in [0.15, 0.2) is 73.1 Å². The van der Waals surface area contributed by atoms with E-state index in [1.807, 2.05) is 6.07 Å². The molecule has 0 amide bonds. The van der Waals surface area contributed by atoms with Gasteiger partial charge in [0.1, 0.15) is 5.82 Å².